The van der Waals surface area contributed by atoms with Crippen LogP contribution < -0.4 is 10.6 Å². The largest absolute Gasteiger partial charge is 0.345 e. The molecule has 0 saturated heterocycles. The van der Waals surface area contributed by atoms with E-state index in [1.54, 1.807) is 12.1 Å². The fourth-order valence-electron chi connectivity index (χ4n) is 4.96. The number of benzene rings is 2. The van der Waals surface area contributed by atoms with Gasteiger partial charge in [0.2, 0.25) is 5.91 Å². The highest BCUT2D eigenvalue weighted by Gasteiger charge is 2.40. The van der Waals surface area contributed by atoms with Crippen molar-refractivity contribution in [1.82, 2.24) is 5.32 Å². The van der Waals surface area contributed by atoms with Crippen molar-refractivity contribution in [2.45, 2.75) is 45.1 Å². The first-order chi connectivity index (χ1) is 13.6. The van der Waals surface area contributed by atoms with Crippen LogP contribution in [0.3, 0.4) is 0 Å². The van der Waals surface area contributed by atoms with Crippen LogP contribution in [0, 0.1) is 17.8 Å². The number of hydrogen-bond acceptors (Lipinski definition) is 2. The minimum atomic E-state index is -0.174. The van der Waals surface area contributed by atoms with Gasteiger partial charge in [-0.15, -0.1) is 0 Å². The summed E-state index contributed by atoms with van der Waals surface area (Å²) in [4.78, 5) is 25.4. The van der Waals surface area contributed by atoms with Crippen molar-refractivity contribution in [2.75, 3.05) is 5.32 Å². The third kappa shape index (κ3) is 4.11. The van der Waals surface area contributed by atoms with Crippen molar-refractivity contribution in [2.24, 2.45) is 17.8 Å². The quantitative estimate of drug-likeness (QED) is 0.750. The summed E-state index contributed by atoms with van der Waals surface area (Å²) in [5.74, 6) is 1.92. The smallest absolute Gasteiger partial charge is 0.253 e. The molecule has 0 heterocycles. The Bertz CT molecular complexity index is 849. The van der Waals surface area contributed by atoms with Crippen LogP contribution in [0.5, 0.6) is 0 Å². The van der Waals surface area contributed by atoms with Crippen LogP contribution in [0.25, 0.3) is 0 Å². The summed E-state index contributed by atoms with van der Waals surface area (Å²) in [6.07, 6.45) is 5.67. The van der Waals surface area contributed by atoms with E-state index in [4.69, 9.17) is 0 Å². The highest BCUT2D eigenvalue weighted by atomic mass is 16.2. The fourth-order valence-corrected chi connectivity index (χ4v) is 4.96. The molecule has 2 aromatic rings. The van der Waals surface area contributed by atoms with Gasteiger partial charge in [-0.1, -0.05) is 48.9 Å². The Morgan fingerprint density at radius 1 is 1.00 bits per heavy atom. The molecule has 0 radical (unpaired) electrons. The van der Waals surface area contributed by atoms with E-state index in [-0.39, 0.29) is 17.9 Å². The SMILES string of the molecule is C[C@@H](NC(=O)c1ccccc1NC(=O)C[C@H]1C[C@H]2CC[C@H]1C2)c1ccccc1. The number of anilines is 1. The second-order valence-corrected chi connectivity index (χ2v) is 8.34. The molecule has 2 aromatic carbocycles. The molecule has 146 valence electrons. The molecule has 4 rings (SSSR count). The van der Waals surface area contributed by atoms with Gasteiger partial charge in [0.05, 0.1) is 17.3 Å². The van der Waals surface area contributed by atoms with Gasteiger partial charge in [-0.05, 0) is 61.6 Å². The zero-order chi connectivity index (χ0) is 19.5. The minimum Gasteiger partial charge on any atom is -0.345 e. The number of para-hydroxylation sites is 1. The molecule has 4 atom stereocenters. The Kier molecular flexibility index (Phi) is 5.47. The first-order valence-electron chi connectivity index (χ1n) is 10.3. The molecule has 2 fully saturated rings. The van der Waals surface area contributed by atoms with Crippen molar-refractivity contribution < 1.29 is 9.59 Å². The van der Waals surface area contributed by atoms with Gasteiger partial charge < -0.3 is 10.6 Å². The van der Waals surface area contributed by atoms with Crippen LogP contribution in [-0.4, -0.2) is 11.8 Å². The van der Waals surface area contributed by atoms with Gasteiger partial charge in [-0.3, -0.25) is 9.59 Å². The van der Waals surface area contributed by atoms with Gasteiger partial charge in [-0.2, -0.15) is 0 Å². The van der Waals surface area contributed by atoms with Crippen molar-refractivity contribution in [3.05, 3.63) is 65.7 Å². The normalized spacial score (nSPS) is 24.0. The highest BCUT2D eigenvalue weighted by Crippen LogP contribution is 2.49. The van der Waals surface area contributed by atoms with Crippen molar-refractivity contribution in [1.29, 1.82) is 0 Å². The van der Waals surface area contributed by atoms with Crippen LogP contribution in [0.1, 0.15) is 61.0 Å². The lowest BCUT2D eigenvalue weighted by molar-refractivity contribution is -0.117. The van der Waals surface area contributed by atoms with Crippen LogP contribution >= 0.6 is 0 Å². The Balaban J connectivity index is 1.40. The van der Waals surface area contributed by atoms with Crippen LogP contribution in [0.15, 0.2) is 54.6 Å². The second-order valence-electron chi connectivity index (χ2n) is 8.34. The lowest BCUT2D eigenvalue weighted by Crippen LogP contribution is -2.28. The van der Waals surface area contributed by atoms with E-state index in [1.165, 1.54) is 25.7 Å². The van der Waals surface area contributed by atoms with E-state index < -0.39 is 0 Å². The van der Waals surface area contributed by atoms with Crippen LogP contribution in [-0.2, 0) is 4.79 Å². The number of nitrogens with one attached hydrogen (secondary N) is 2. The lowest BCUT2D eigenvalue weighted by atomic mass is 9.86. The molecule has 0 aliphatic heterocycles. The third-order valence-electron chi connectivity index (χ3n) is 6.43. The van der Waals surface area contributed by atoms with Gasteiger partial charge >= 0.3 is 0 Å². The second kappa shape index (κ2) is 8.17. The van der Waals surface area contributed by atoms with Crippen LogP contribution in [0.2, 0.25) is 0 Å². The Morgan fingerprint density at radius 3 is 2.46 bits per heavy atom. The molecule has 4 heteroatoms. The van der Waals surface area contributed by atoms with Gasteiger partial charge in [0.25, 0.3) is 5.91 Å². The van der Waals surface area contributed by atoms with Crippen LogP contribution in [0.4, 0.5) is 5.69 Å². The molecule has 28 heavy (non-hydrogen) atoms. The molecule has 2 saturated carbocycles. The van der Waals surface area contributed by atoms with Crippen molar-refractivity contribution in [3.8, 4) is 0 Å². The van der Waals surface area contributed by atoms with E-state index in [2.05, 4.69) is 10.6 Å². The predicted octanol–water partition coefficient (Wildman–Crippen LogP) is 4.94. The summed E-state index contributed by atoms with van der Waals surface area (Å²) in [6.45, 7) is 1.96. The zero-order valence-corrected chi connectivity index (χ0v) is 16.4. The lowest BCUT2D eigenvalue weighted by Gasteiger charge is -2.21. The number of fused-ring (bicyclic) bond motifs is 2. The number of carbonyl (C=O) groups is 2. The van der Waals surface area contributed by atoms with E-state index in [0.29, 0.717) is 23.6 Å². The summed E-state index contributed by atoms with van der Waals surface area (Å²) in [5.41, 5.74) is 2.15. The zero-order valence-electron chi connectivity index (χ0n) is 16.4. The van der Waals surface area contributed by atoms with Crippen molar-refractivity contribution in [3.63, 3.8) is 0 Å². The molecule has 2 aliphatic rings. The summed E-state index contributed by atoms with van der Waals surface area (Å²) < 4.78 is 0. The first-order valence-corrected chi connectivity index (χ1v) is 10.3. The minimum absolute atomic E-state index is 0.0221. The molecular formula is C24H28N2O2. The highest BCUT2D eigenvalue weighted by molar-refractivity contribution is 6.03. The summed E-state index contributed by atoms with van der Waals surface area (Å²) in [6, 6.07) is 17.0. The predicted molar refractivity (Wildman–Crippen MR) is 111 cm³/mol. The molecule has 2 N–H and O–H groups in total. The van der Waals surface area contributed by atoms with E-state index in [9.17, 15) is 9.59 Å². The molecular weight excluding hydrogens is 348 g/mol. The summed E-state index contributed by atoms with van der Waals surface area (Å²) in [7, 11) is 0. The van der Waals surface area contributed by atoms with E-state index >= 15 is 0 Å². The standard InChI is InChI=1S/C24H28N2O2/c1-16(18-7-3-2-4-8-18)25-24(28)21-9-5-6-10-22(21)26-23(27)15-20-14-17-11-12-19(20)13-17/h2-10,16-17,19-20H,11-15H2,1H3,(H,25,28)(H,26,27)/t16-,17+,19+,20-/m1/s1. The Morgan fingerprint density at radius 2 is 1.75 bits per heavy atom. The van der Waals surface area contributed by atoms with Gasteiger partial charge in [0, 0.05) is 6.42 Å². The maximum Gasteiger partial charge on any atom is 0.253 e. The van der Waals surface area contributed by atoms with E-state index in [0.717, 1.165) is 17.4 Å². The van der Waals surface area contributed by atoms with Gasteiger partial charge in [0.1, 0.15) is 0 Å². The molecule has 2 bridgehead atoms. The summed E-state index contributed by atoms with van der Waals surface area (Å²) >= 11 is 0. The average Bonchev–Trinajstić information content (AvgIpc) is 3.32. The molecule has 2 amide bonds. The number of amides is 2. The third-order valence-corrected chi connectivity index (χ3v) is 6.43. The average molecular weight is 377 g/mol. The van der Waals surface area contributed by atoms with Crippen molar-refractivity contribution >= 4 is 17.5 Å². The maximum atomic E-state index is 12.8. The monoisotopic (exact) mass is 376 g/mol. The fraction of sp³-hybridized carbons (Fsp3) is 0.417. The summed E-state index contributed by atoms with van der Waals surface area (Å²) in [5, 5.41) is 6.02. The maximum absolute atomic E-state index is 12.8. The number of rotatable bonds is 6. The Hall–Kier alpha value is -2.62. The molecule has 2 aliphatic carbocycles. The topological polar surface area (TPSA) is 58.2 Å². The van der Waals surface area contributed by atoms with Gasteiger partial charge in [-0.25, -0.2) is 0 Å². The number of hydrogen-bond donors (Lipinski definition) is 2. The first kappa shape index (κ1) is 18.7. The number of carbonyl (C=O) groups excluding carboxylic acids is 2. The van der Waals surface area contributed by atoms with Gasteiger partial charge in [0.15, 0.2) is 0 Å². The molecule has 0 spiro atoms. The molecule has 0 aromatic heterocycles. The van der Waals surface area contributed by atoms with E-state index in [1.807, 2.05) is 49.4 Å². The Labute approximate surface area is 166 Å². The molecule has 4 nitrogen and oxygen atoms in total. The molecule has 0 unspecified atom stereocenters.